The first-order valence-corrected chi connectivity index (χ1v) is 24.7. The first-order valence-electron chi connectivity index (χ1n) is 19.0. The molecule has 2 aromatic carbocycles. The molecule has 0 aliphatic carbocycles. The van der Waals surface area contributed by atoms with Gasteiger partial charge in [-0.2, -0.15) is 59.4 Å². The molecule has 66 heavy (non-hydrogen) atoms. The molecule has 0 saturated carbocycles. The van der Waals surface area contributed by atoms with E-state index in [9.17, 15) is 48.8 Å². The van der Waals surface area contributed by atoms with Crippen molar-refractivity contribution in [3.8, 4) is 5.75 Å². The molecule has 362 valence electrons. The fourth-order valence-electron chi connectivity index (χ4n) is 5.87. The molecule has 1 aliphatic heterocycles. The molecule has 5 rings (SSSR count). The molecule has 32 heteroatoms. The van der Waals surface area contributed by atoms with Crippen LogP contribution in [0, 0.1) is 5.92 Å². The van der Waals surface area contributed by atoms with Gasteiger partial charge in [0.2, 0.25) is 35.7 Å². The zero-order valence-electron chi connectivity index (χ0n) is 34.8. The lowest BCUT2D eigenvalue weighted by Gasteiger charge is -2.16. The number of aliphatic hydroxyl groups is 2. The van der Waals surface area contributed by atoms with Crippen molar-refractivity contribution < 1.29 is 71.5 Å². The van der Waals surface area contributed by atoms with E-state index in [0.29, 0.717) is 6.54 Å². The normalized spacial score (nSPS) is 16.2. The summed E-state index contributed by atoms with van der Waals surface area (Å²) < 4.78 is 136. The Morgan fingerprint density at radius 3 is 1.83 bits per heavy atom. The molecule has 3 heterocycles. The Bertz CT molecular complexity index is 2740. The van der Waals surface area contributed by atoms with Gasteiger partial charge in [0.05, 0.1) is 31.3 Å². The lowest BCUT2D eigenvalue weighted by Crippen LogP contribution is -2.30. The number of rotatable bonds is 27. The molecule has 0 bridgehead atoms. The molecule has 3 atom stereocenters. The van der Waals surface area contributed by atoms with E-state index in [1.54, 1.807) is 4.90 Å². The van der Waals surface area contributed by atoms with Crippen LogP contribution in [0.3, 0.4) is 0 Å². The van der Waals surface area contributed by atoms with Crippen molar-refractivity contribution in [1.29, 1.82) is 0 Å². The Kier molecular flexibility index (Phi) is 17.4. The highest BCUT2D eigenvalue weighted by Crippen LogP contribution is 2.37. The number of benzene rings is 2. The third-order valence-electron chi connectivity index (χ3n) is 9.05. The van der Waals surface area contributed by atoms with Crippen molar-refractivity contribution in [1.82, 2.24) is 29.9 Å². The Morgan fingerprint density at radius 2 is 1.29 bits per heavy atom. The molecule has 1 saturated heterocycles. The van der Waals surface area contributed by atoms with E-state index >= 15 is 0 Å². The fraction of sp³-hybridized carbons (Fsp3) is 0.412. The number of nitrogens with one attached hydrogen (secondary N) is 5. The Hall–Kier alpha value is -5.52. The van der Waals surface area contributed by atoms with Gasteiger partial charge >= 0.3 is 11.4 Å². The zero-order valence-corrected chi connectivity index (χ0v) is 38.1. The lowest BCUT2D eigenvalue weighted by molar-refractivity contribution is 0.116. The molecule has 0 amide bonds. The zero-order chi connectivity index (χ0) is 48.3. The summed E-state index contributed by atoms with van der Waals surface area (Å²) >= 11 is -2.86. The Balaban J connectivity index is 1.42. The number of aromatic nitrogens is 6. The predicted molar refractivity (Wildman–Crippen MR) is 239 cm³/mol. The molecule has 3 unspecified atom stereocenters. The van der Waals surface area contributed by atoms with Crippen LogP contribution >= 0.6 is 0 Å². The quantitative estimate of drug-likeness (QED) is 0.0161. The van der Waals surface area contributed by atoms with E-state index in [0.717, 1.165) is 6.07 Å². The number of hydrogen-bond donors (Lipinski definition) is 11. The third-order valence-corrected chi connectivity index (χ3v) is 11.7. The van der Waals surface area contributed by atoms with Crippen LogP contribution in [0.25, 0.3) is 12.2 Å². The van der Waals surface area contributed by atoms with E-state index in [1.165, 1.54) is 56.7 Å². The minimum atomic E-state index is -4.93. The van der Waals surface area contributed by atoms with Crippen molar-refractivity contribution in [2.75, 3.05) is 110 Å². The van der Waals surface area contributed by atoms with Gasteiger partial charge in [0.1, 0.15) is 10.4 Å². The van der Waals surface area contributed by atoms with Crippen LogP contribution in [-0.2, 0) is 51.2 Å². The van der Waals surface area contributed by atoms with Gasteiger partial charge in [-0.05, 0) is 29.8 Å². The number of anilines is 8. The van der Waals surface area contributed by atoms with Gasteiger partial charge in [-0.3, -0.25) is 18.2 Å². The van der Waals surface area contributed by atoms with Crippen molar-refractivity contribution in [3.63, 3.8) is 0 Å². The molecular formula is C34H46N12O16S4. The summed E-state index contributed by atoms with van der Waals surface area (Å²) in [5.74, 6) is -2.47. The second-order valence-corrected chi connectivity index (χ2v) is 19.3. The van der Waals surface area contributed by atoms with Gasteiger partial charge < -0.3 is 55.4 Å². The summed E-state index contributed by atoms with van der Waals surface area (Å²) in [5.41, 5.74) is -0.526. The van der Waals surface area contributed by atoms with Crippen molar-refractivity contribution in [2.45, 2.75) is 10.4 Å². The average molecular weight is 1010 g/mol. The van der Waals surface area contributed by atoms with E-state index in [2.05, 4.69) is 56.5 Å². The standard InChI is InChI=1S/C34H46N12O16S4/c1-60-17-21(16-47)15-37-30-40-28(35-9-11-64(51,52)53)41-31(43-30)39-25-8-6-23(27(14-25)66(57,58)59)4-3-22-5-7-24(13-26(22)62-63(49)50)38-32-42-29(36-10-12-65(54,55)56)44-33(45-32)46-18-34(46,19-48)20-61-2/h3-8,13-14,21,47-48H,9-12,15-20H2,1-2H3,(H,49,50)(H,51,52,53)(H,54,55,56)(H,57,58,59)(H2,36,38,42,44,45)(H3,35,37,39,40,41,43). The maximum Gasteiger partial charge on any atom is 0.357 e. The van der Waals surface area contributed by atoms with Crippen LogP contribution in [0.1, 0.15) is 11.1 Å². The second kappa shape index (κ2) is 22.3. The molecule has 0 radical (unpaired) electrons. The van der Waals surface area contributed by atoms with Crippen molar-refractivity contribution in [3.05, 3.63) is 47.5 Å². The Morgan fingerprint density at radius 1 is 0.758 bits per heavy atom. The fourth-order valence-corrected chi connectivity index (χ4v) is 7.59. The molecule has 0 spiro atoms. The highest BCUT2D eigenvalue weighted by molar-refractivity contribution is 7.86. The third kappa shape index (κ3) is 15.5. The molecule has 2 aromatic heterocycles. The second-order valence-electron chi connectivity index (χ2n) is 14.2. The summed E-state index contributed by atoms with van der Waals surface area (Å²) in [7, 11) is -10.7. The first-order chi connectivity index (χ1) is 31.1. The van der Waals surface area contributed by atoms with E-state index in [4.69, 9.17) is 22.8 Å². The summed E-state index contributed by atoms with van der Waals surface area (Å²) in [6.45, 7) is -0.395. The molecule has 1 fully saturated rings. The summed E-state index contributed by atoms with van der Waals surface area (Å²) in [4.78, 5) is 26.5. The minimum Gasteiger partial charge on any atom is -0.396 e. The van der Waals surface area contributed by atoms with Crippen LogP contribution in [0.2, 0.25) is 0 Å². The van der Waals surface area contributed by atoms with Gasteiger partial charge in [-0.1, -0.05) is 18.2 Å². The Labute approximate surface area is 380 Å². The number of methoxy groups -OCH3 is 2. The lowest BCUT2D eigenvalue weighted by atomic mass is 10.1. The van der Waals surface area contributed by atoms with Crippen LogP contribution < -0.4 is 35.7 Å². The van der Waals surface area contributed by atoms with Gasteiger partial charge in [-0.25, -0.2) is 0 Å². The highest BCUT2D eigenvalue weighted by atomic mass is 32.2. The molecule has 28 nitrogen and oxygen atoms in total. The molecular weight excluding hydrogens is 961 g/mol. The van der Waals surface area contributed by atoms with Crippen LogP contribution in [-0.4, -0.2) is 172 Å². The van der Waals surface area contributed by atoms with Gasteiger partial charge in [0.25, 0.3) is 30.4 Å². The number of hydrogen-bond acceptors (Lipinski definition) is 24. The van der Waals surface area contributed by atoms with E-state index < -0.39 is 63.7 Å². The summed E-state index contributed by atoms with van der Waals surface area (Å²) in [5, 5.41) is 33.6. The largest absolute Gasteiger partial charge is 0.396 e. The van der Waals surface area contributed by atoms with Crippen LogP contribution in [0.4, 0.5) is 47.1 Å². The number of aliphatic hydroxyl groups excluding tert-OH is 2. The van der Waals surface area contributed by atoms with Gasteiger partial charge in [0, 0.05) is 75.9 Å². The van der Waals surface area contributed by atoms with Crippen LogP contribution in [0.5, 0.6) is 5.75 Å². The van der Waals surface area contributed by atoms with Gasteiger partial charge in [0.15, 0.2) is 5.75 Å². The first kappa shape index (κ1) is 51.5. The topological polar surface area (TPSA) is 409 Å². The van der Waals surface area contributed by atoms with Crippen molar-refractivity contribution in [2.24, 2.45) is 5.92 Å². The minimum absolute atomic E-state index is 0.0427. The van der Waals surface area contributed by atoms with Crippen molar-refractivity contribution >= 4 is 101 Å². The number of nitrogens with zero attached hydrogens (tertiary/aromatic N) is 7. The summed E-state index contributed by atoms with van der Waals surface area (Å²) in [6.07, 6.45) is 2.59. The smallest absolute Gasteiger partial charge is 0.357 e. The molecule has 4 aromatic rings. The summed E-state index contributed by atoms with van der Waals surface area (Å²) in [6, 6.07) is 7.94. The monoisotopic (exact) mass is 1010 g/mol. The highest BCUT2D eigenvalue weighted by Gasteiger charge is 2.53. The van der Waals surface area contributed by atoms with Gasteiger partial charge in [-0.15, -0.1) is 0 Å². The number of ether oxygens (including phenoxy) is 2. The SMILES string of the molecule is COCC(CO)CNc1nc(NCCS(=O)(=O)O)nc(Nc2ccc(C=Cc3ccc(Nc4nc(NCCS(=O)(=O)O)nc(N5CC5(CO)COC)n4)cc3OS(=O)O)c(S(=O)(=O)O)c2)n1. The maximum absolute atomic E-state index is 12.7. The van der Waals surface area contributed by atoms with Crippen LogP contribution in [0.15, 0.2) is 41.3 Å². The molecule has 11 N–H and O–H groups in total. The van der Waals surface area contributed by atoms with E-state index in [-0.39, 0.29) is 116 Å². The molecule has 1 aliphatic rings. The van der Waals surface area contributed by atoms with E-state index in [1.807, 2.05) is 0 Å². The predicted octanol–water partition coefficient (Wildman–Crippen LogP) is -0.0599. The maximum atomic E-state index is 12.7. The average Bonchev–Trinajstić information content (AvgIpc) is 3.95.